The Balaban J connectivity index is 0.000000460. The van der Waals surface area contributed by atoms with Crippen molar-refractivity contribution in [3.8, 4) is 11.5 Å². The quantitative estimate of drug-likeness (QED) is 0.181. The molecule has 1 N–H and O–H groups in total. The minimum absolute atomic E-state index is 0.0210. The van der Waals surface area contributed by atoms with Crippen LogP contribution in [0.5, 0.6) is 11.5 Å². The van der Waals surface area contributed by atoms with E-state index in [9.17, 15) is 35.6 Å². The van der Waals surface area contributed by atoms with Crippen LogP contribution in [0.1, 0.15) is 34.6 Å². The average Bonchev–Trinajstić information content (AvgIpc) is 2.95. The molecule has 0 spiro atoms. The number of ether oxygens (including phenoxy) is 2. The summed E-state index contributed by atoms with van der Waals surface area (Å²) in [4.78, 5) is 21.1. The Morgan fingerprint density at radius 3 is 1.17 bits per heavy atom. The Morgan fingerprint density at radius 2 is 0.913 bits per heavy atom. The third-order valence-corrected chi connectivity index (χ3v) is 15.0. The Hall–Kier alpha value is -2.62. The highest BCUT2D eigenvalue weighted by Crippen LogP contribution is 2.51. The fourth-order valence-electron chi connectivity index (χ4n) is 3.39. The van der Waals surface area contributed by atoms with Crippen LogP contribution >= 0.6 is 15.2 Å². The van der Waals surface area contributed by atoms with Gasteiger partial charge in [-0.15, -0.1) is 0 Å². The molecule has 0 saturated carbocycles. The van der Waals surface area contributed by atoms with Crippen LogP contribution in [-0.4, -0.2) is 84.3 Å². The standard InChI is InChI=1S/C14H21O7PS.C13H19O8PS/c1-4-20-22(16,21-5-2)11-23(17,18)14-8-6-13(7-9-14)19-10-12(3)15;1-3-20-22(16,21-4-2)10-23(17,18)12-7-5-11(6-8-12)19-9-13(14)15/h6-9H,4-5,10-11H2,1-3H3;5-8H,3-4,9-10H2,1-2H3,(H,14,15). The SMILES string of the molecule is CCOP(=O)(CS(=O)(=O)c1ccc(OCC(=O)O)cc1)OCC.CCOP(=O)(CS(=O)(=O)c1ccc(OCC(C)=O)cc1)OCC. The van der Waals surface area contributed by atoms with Gasteiger partial charge in [0.05, 0.1) is 36.2 Å². The summed E-state index contributed by atoms with van der Waals surface area (Å²) in [6.45, 7) is 7.47. The van der Waals surface area contributed by atoms with E-state index < -0.39 is 58.4 Å². The van der Waals surface area contributed by atoms with E-state index in [-0.39, 0.29) is 54.4 Å². The first-order valence-electron chi connectivity index (χ1n) is 13.8. The summed E-state index contributed by atoms with van der Waals surface area (Å²) in [6.07, 6.45) is 0. The second-order valence-electron chi connectivity index (χ2n) is 9.00. The molecule has 0 aliphatic rings. The average molecular weight is 731 g/mol. The van der Waals surface area contributed by atoms with Gasteiger partial charge in [0, 0.05) is 0 Å². The van der Waals surface area contributed by atoms with E-state index >= 15 is 0 Å². The number of Topliss-reactive ketones (excluding diaryl/α,β-unsaturated/α-hetero) is 1. The van der Waals surface area contributed by atoms with Crippen molar-refractivity contribution in [3.63, 3.8) is 0 Å². The Morgan fingerprint density at radius 1 is 0.609 bits per heavy atom. The number of carboxylic acids is 1. The van der Waals surface area contributed by atoms with Gasteiger partial charge < -0.3 is 32.7 Å². The molecular formula is C27H40O15P2S2. The lowest BCUT2D eigenvalue weighted by Gasteiger charge is -2.17. The molecule has 0 aromatic heterocycles. The van der Waals surface area contributed by atoms with E-state index in [2.05, 4.69) is 0 Å². The van der Waals surface area contributed by atoms with E-state index in [0.717, 1.165) is 0 Å². The molecule has 0 radical (unpaired) electrons. The van der Waals surface area contributed by atoms with Crippen molar-refractivity contribution in [1.29, 1.82) is 0 Å². The molecule has 260 valence electrons. The number of hydrogen-bond acceptors (Lipinski definition) is 14. The van der Waals surface area contributed by atoms with Gasteiger partial charge in [-0.25, -0.2) is 21.6 Å². The molecular weight excluding hydrogens is 690 g/mol. The highest BCUT2D eigenvalue weighted by molar-refractivity contribution is 7.98. The van der Waals surface area contributed by atoms with E-state index in [1.165, 1.54) is 55.5 Å². The first-order valence-corrected chi connectivity index (χ1v) is 20.6. The largest absolute Gasteiger partial charge is 0.486 e. The first-order chi connectivity index (χ1) is 21.4. The van der Waals surface area contributed by atoms with Crippen LogP contribution in [0.2, 0.25) is 0 Å². The van der Waals surface area contributed by atoms with Crippen molar-refractivity contribution < 1.29 is 68.2 Å². The molecule has 0 aliphatic heterocycles. The van der Waals surface area contributed by atoms with Crippen molar-refractivity contribution in [3.05, 3.63) is 48.5 Å². The number of sulfone groups is 2. The highest BCUT2D eigenvalue weighted by Gasteiger charge is 2.33. The molecule has 2 rings (SSSR count). The number of carbonyl (C=O) groups is 2. The zero-order valence-corrected chi connectivity index (χ0v) is 29.6. The molecule has 46 heavy (non-hydrogen) atoms. The van der Waals surface area contributed by atoms with Crippen LogP contribution in [0, 0.1) is 0 Å². The third-order valence-electron chi connectivity index (χ3n) is 5.13. The van der Waals surface area contributed by atoms with Gasteiger partial charge in [0.2, 0.25) is 0 Å². The zero-order valence-electron chi connectivity index (χ0n) is 26.1. The minimum Gasteiger partial charge on any atom is -0.486 e. The normalized spacial score (nSPS) is 12.1. The van der Waals surface area contributed by atoms with E-state index in [1.807, 2.05) is 0 Å². The highest BCUT2D eigenvalue weighted by atomic mass is 32.2. The second-order valence-corrected chi connectivity index (χ2v) is 17.9. The van der Waals surface area contributed by atoms with Crippen LogP contribution in [0.4, 0.5) is 0 Å². The number of carboxylic acid groups (broad SMARTS) is 1. The van der Waals surface area contributed by atoms with Crippen molar-refractivity contribution in [2.45, 2.75) is 44.4 Å². The molecule has 2 aromatic rings. The maximum atomic E-state index is 12.4. The van der Waals surface area contributed by atoms with Crippen molar-refractivity contribution in [2.75, 3.05) is 50.6 Å². The summed E-state index contributed by atoms with van der Waals surface area (Å²) in [6, 6.07) is 10.7. The summed E-state index contributed by atoms with van der Waals surface area (Å²) in [5.74, 6) is -0.701. The van der Waals surface area contributed by atoms with Gasteiger partial charge in [-0.3, -0.25) is 13.9 Å². The topological polar surface area (TPSA) is 212 Å². The molecule has 0 fully saturated rings. The number of hydrogen-bond donors (Lipinski definition) is 1. The van der Waals surface area contributed by atoms with Gasteiger partial charge in [-0.05, 0) is 83.1 Å². The zero-order chi connectivity index (χ0) is 35.0. The van der Waals surface area contributed by atoms with Gasteiger partial charge in [0.1, 0.15) is 18.1 Å². The van der Waals surface area contributed by atoms with Gasteiger partial charge in [-0.1, -0.05) is 0 Å². The molecule has 0 unspecified atom stereocenters. The van der Waals surface area contributed by atoms with Crippen LogP contribution in [-0.2, 0) is 56.5 Å². The molecule has 0 atom stereocenters. The lowest BCUT2D eigenvalue weighted by atomic mass is 10.3. The molecule has 15 nitrogen and oxygen atoms in total. The Bertz CT molecular complexity index is 1430. The van der Waals surface area contributed by atoms with Gasteiger partial charge in [0.15, 0.2) is 43.1 Å². The summed E-state index contributed by atoms with van der Waals surface area (Å²) in [7, 11) is -15.2. The third kappa shape index (κ3) is 14.9. The maximum Gasteiger partial charge on any atom is 0.346 e. The molecule has 0 aliphatic carbocycles. The fourth-order valence-corrected chi connectivity index (χ4v) is 11.9. The molecule has 0 saturated heterocycles. The predicted molar refractivity (Wildman–Crippen MR) is 168 cm³/mol. The molecule has 0 amide bonds. The van der Waals surface area contributed by atoms with Gasteiger partial charge in [0.25, 0.3) is 0 Å². The van der Waals surface area contributed by atoms with Crippen LogP contribution < -0.4 is 9.47 Å². The van der Waals surface area contributed by atoms with Crippen LogP contribution in [0.3, 0.4) is 0 Å². The second kappa shape index (κ2) is 19.3. The van der Waals surface area contributed by atoms with Crippen molar-refractivity contribution >= 4 is 46.6 Å². The summed E-state index contributed by atoms with van der Waals surface area (Å²) in [5, 5.41) is 8.51. The molecule has 2 aromatic carbocycles. The lowest BCUT2D eigenvalue weighted by molar-refractivity contribution is -0.139. The first kappa shape index (κ1) is 41.4. The van der Waals surface area contributed by atoms with Gasteiger partial charge >= 0.3 is 21.2 Å². The molecule has 19 heteroatoms. The van der Waals surface area contributed by atoms with Gasteiger partial charge in [-0.2, -0.15) is 0 Å². The van der Waals surface area contributed by atoms with Crippen LogP contribution in [0.15, 0.2) is 58.3 Å². The predicted octanol–water partition coefficient (Wildman–Crippen LogP) is 4.80. The fraction of sp³-hybridized carbons (Fsp3) is 0.481. The van der Waals surface area contributed by atoms with E-state index in [1.54, 1.807) is 27.7 Å². The Labute approximate surface area is 269 Å². The molecule has 0 heterocycles. The maximum absolute atomic E-state index is 12.4. The van der Waals surface area contributed by atoms with Crippen molar-refractivity contribution in [2.24, 2.45) is 0 Å². The minimum atomic E-state index is -3.90. The smallest absolute Gasteiger partial charge is 0.346 e. The number of benzene rings is 2. The molecule has 0 bridgehead atoms. The summed E-state index contributed by atoms with van der Waals surface area (Å²) in [5.41, 5.74) is -1.49. The lowest BCUT2D eigenvalue weighted by Crippen LogP contribution is -2.12. The monoisotopic (exact) mass is 730 g/mol. The number of aliphatic carboxylic acids is 1. The van der Waals surface area contributed by atoms with Crippen molar-refractivity contribution in [1.82, 2.24) is 0 Å². The van der Waals surface area contributed by atoms with Crippen LogP contribution in [0.25, 0.3) is 0 Å². The summed E-state index contributed by atoms with van der Waals surface area (Å²) >= 11 is 0. The Kier molecular flexibility index (Phi) is 17.3. The number of ketones is 1. The number of rotatable bonds is 20. The summed E-state index contributed by atoms with van der Waals surface area (Å²) < 4.78 is 104. The van der Waals surface area contributed by atoms with E-state index in [0.29, 0.717) is 5.75 Å². The number of carbonyl (C=O) groups excluding carboxylic acids is 1. The van der Waals surface area contributed by atoms with E-state index in [4.69, 9.17) is 32.7 Å².